The number of ether oxygens (including phenoxy) is 1. The summed E-state index contributed by atoms with van der Waals surface area (Å²) in [4.78, 5) is 26.3. The van der Waals surface area contributed by atoms with Crippen molar-refractivity contribution in [3.05, 3.63) is 60.5 Å². The summed E-state index contributed by atoms with van der Waals surface area (Å²) in [6.45, 7) is 1.29. The van der Waals surface area contributed by atoms with Crippen molar-refractivity contribution in [3.63, 3.8) is 0 Å². The van der Waals surface area contributed by atoms with Gasteiger partial charge in [-0.1, -0.05) is 5.16 Å². The molecule has 0 saturated heterocycles. The number of hydrogen-bond donors (Lipinski definition) is 0. The fourth-order valence-electron chi connectivity index (χ4n) is 1.84. The Morgan fingerprint density at radius 2 is 1.96 bits per heavy atom. The maximum Gasteiger partial charge on any atom is 0.308 e. The Hall–Kier alpha value is -2.77. The van der Waals surface area contributed by atoms with Gasteiger partial charge < -0.3 is 9.57 Å². The molecule has 0 saturated carbocycles. The molecule has 0 N–H and O–H groups in total. The molecular formula is C16H9Br2N3O5. The quantitative estimate of drug-likeness (QED) is 0.206. The SMILES string of the molecule is CC(=O)Oc1c(Br)cc(C=NOc2ccc([N+](=O)[O-])cc2C#N)cc1Br. The van der Waals surface area contributed by atoms with Crippen LogP contribution in [0.15, 0.2) is 44.4 Å². The molecule has 0 aromatic heterocycles. The van der Waals surface area contributed by atoms with Crippen LogP contribution in [0.2, 0.25) is 0 Å². The van der Waals surface area contributed by atoms with E-state index in [0.29, 0.717) is 20.3 Å². The first kappa shape index (κ1) is 19.6. The lowest BCUT2D eigenvalue weighted by atomic mass is 10.2. The average molecular weight is 483 g/mol. The van der Waals surface area contributed by atoms with Crippen LogP contribution in [-0.4, -0.2) is 17.1 Å². The van der Waals surface area contributed by atoms with E-state index in [2.05, 4.69) is 37.0 Å². The fraction of sp³-hybridized carbons (Fsp3) is 0.0625. The summed E-state index contributed by atoms with van der Waals surface area (Å²) in [6, 6.07) is 8.73. The van der Waals surface area contributed by atoms with Crippen molar-refractivity contribution in [1.82, 2.24) is 0 Å². The highest BCUT2D eigenvalue weighted by molar-refractivity contribution is 9.11. The predicted octanol–water partition coefficient (Wildman–Crippen LogP) is 4.33. The second-order valence-corrected chi connectivity index (χ2v) is 6.49. The van der Waals surface area contributed by atoms with E-state index in [1.54, 1.807) is 12.1 Å². The zero-order valence-electron chi connectivity index (χ0n) is 13.1. The average Bonchev–Trinajstić information content (AvgIpc) is 2.58. The molecule has 0 radical (unpaired) electrons. The molecule has 2 aromatic rings. The lowest BCUT2D eigenvalue weighted by Gasteiger charge is -2.07. The highest BCUT2D eigenvalue weighted by atomic mass is 79.9. The fourth-order valence-corrected chi connectivity index (χ4v) is 3.22. The highest BCUT2D eigenvalue weighted by Crippen LogP contribution is 2.34. The first-order valence-corrected chi connectivity index (χ1v) is 8.47. The van der Waals surface area contributed by atoms with E-state index in [0.717, 1.165) is 6.07 Å². The van der Waals surface area contributed by atoms with Crippen molar-refractivity contribution in [2.45, 2.75) is 6.92 Å². The predicted molar refractivity (Wildman–Crippen MR) is 99.2 cm³/mol. The molecule has 8 nitrogen and oxygen atoms in total. The van der Waals surface area contributed by atoms with Gasteiger partial charge in [0.25, 0.3) is 5.69 Å². The minimum absolute atomic E-state index is 0.0103. The third-order valence-corrected chi connectivity index (χ3v) is 4.09. The Bertz CT molecular complexity index is 930. The zero-order valence-corrected chi connectivity index (χ0v) is 16.3. The molecule has 0 amide bonds. The number of benzene rings is 2. The summed E-state index contributed by atoms with van der Waals surface area (Å²) in [5.74, 6) is -0.0416. The molecule has 0 unspecified atom stereocenters. The van der Waals surface area contributed by atoms with Crippen molar-refractivity contribution in [2.75, 3.05) is 0 Å². The number of carbonyl (C=O) groups excluding carboxylic acids is 1. The summed E-state index contributed by atoms with van der Waals surface area (Å²) in [7, 11) is 0. The minimum atomic E-state index is -0.604. The lowest BCUT2D eigenvalue weighted by Crippen LogP contribution is -2.03. The van der Waals surface area contributed by atoms with E-state index >= 15 is 0 Å². The van der Waals surface area contributed by atoms with Crippen LogP contribution in [0.25, 0.3) is 0 Å². The number of nitrogens with zero attached hydrogens (tertiary/aromatic N) is 3. The summed E-state index contributed by atoms with van der Waals surface area (Å²) in [5, 5.41) is 23.6. The molecule has 0 aliphatic carbocycles. The van der Waals surface area contributed by atoms with Crippen LogP contribution in [0.3, 0.4) is 0 Å². The van der Waals surface area contributed by atoms with Crippen LogP contribution in [0.5, 0.6) is 11.5 Å². The molecule has 0 atom stereocenters. The molecule has 0 aliphatic heterocycles. The number of rotatable bonds is 5. The molecule has 0 aliphatic rings. The van der Waals surface area contributed by atoms with E-state index in [4.69, 9.17) is 14.8 Å². The first-order valence-electron chi connectivity index (χ1n) is 6.88. The number of halogens is 2. The Balaban J connectivity index is 2.20. The molecule has 2 aromatic carbocycles. The third-order valence-electron chi connectivity index (χ3n) is 2.91. The normalized spacial score (nSPS) is 10.4. The van der Waals surface area contributed by atoms with Gasteiger partial charge in [-0.2, -0.15) is 5.26 Å². The van der Waals surface area contributed by atoms with Crippen molar-refractivity contribution in [2.24, 2.45) is 5.16 Å². The number of nitro groups is 1. The van der Waals surface area contributed by atoms with E-state index in [-0.39, 0.29) is 17.0 Å². The van der Waals surface area contributed by atoms with Crippen LogP contribution < -0.4 is 9.57 Å². The lowest BCUT2D eigenvalue weighted by molar-refractivity contribution is -0.384. The molecule has 26 heavy (non-hydrogen) atoms. The minimum Gasteiger partial charge on any atom is -0.424 e. The van der Waals surface area contributed by atoms with E-state index < -0.39 is 10.9 Å². The smallest absolute Gasteiger partial charge is 0.308 e. The van der Waals surface area contributed by atoms with Gasteiger partial charge in [0, 0.05) is 19.1 Å². The van der Waals surface area contributed by atoms with Crippen LogP contribution in [0.4, 0.5) is 5.69 Å². The van der Waals surface area contributed by atoms with Crippen LogP contribution in [0.1, 0.15) is 18.1 Å². The number of nitriles is 1. The van der Waals surface area contributed by atoms with Gasteiger partial charge in [0.05, 0.1) is 20.1 Å². The number of hydrogen-bond acceptors (Lipinski definition) is 7. The largest absolute Gasteiger partial charge is 0.424 e. The standard InChI is InChI=1S/C16H9Br2N3O5/c1-9(22)25-16-13(17)4-10(5-14(16)18)8-20-26-15-3-2-12(21(23)24)6-11(15)7-19/h2-6,8H,1H3. The van der Waals surface area contributed by atoms with Gasteiger partial charge in [0.2, 0.25) is 0 Å². The van der Waals surface area contributed by atoms with Gasteiger partial charge >= 0.3 is 5.97 Å². The molecule has 132 valence electrons. The van der Waals surface area contributed by atoms with Gasteiger partial charge in [0.15, 0.2) is 11.5 Å². The third kappa shape index (κ3) is 4.87. The molecule has 0 fully saturated rings. The Morgan fingerprint density at radius 1 is 1.31 bits per heavy atom. The molecule has 0 heterocycles. The van der Waals surface area contributed by atoms with E-state index in [9.17, 15) is 14.9 Å². The molecule has 0 bridgehead atoms. The van der Waals surface area contributed by atoms with Gasteiger partial charge in [-0.05, 0) is 55.6 Å². The number of nitro benzene ring substituents is 1. The van der Waals surface area contributed by atoms with Gasteiger partial charge in [0.1, 0.15) is 11.6 Å². The maximum absolute atomic E-state index is 11.1. The van der Waals surface area contributed by atoms with Crippen molar-refractivity contribution in [3.8, 4) is 17.6 Å². The van der Waals surface area contributed by atoms with Crippen LogP contribution in [0, 0.1) is 21.4 Å². The number of esters is 1. The number of non-ortho nitro benzene ring substituents is 1. The Kier molecular flexibility index (Phi) is 6.43. The maximum atomic E-state index is 11.1. The summed E-state index contributed by atoms with van der Waals surface area (Å²) >= 11 is 6.58. The topological polar surface area (TPSA) is 115 Å². The Labute approximate surface area is 164 Å². The zero-order chi connectivity index (χ0) is 19.3. The second kappa shape index (κ2) is 8.55. The van der Waals surface area contributed by atoms with Crippen molar-refractivity contribution < 1.29 is 19.3 Å². The number of oxime groups is 1. The second-order valence-electron chi connectivity index (χ2n) is 4.78. The first-order chi connectivity index (χ1) is 12.3. The molecule has 0 spiro atoms. The van der Waals surface area contributed by atoms with E-state index in [1.165, 1.54) is 25.3 Å². The Morgan fingerprint density at radius 3 is 2.50 bits per heavy atom. The van der Waals surface area contributed by atoms with Gasteiger partial charge in [-0.25, -0.2) is 0 Å². The van der Waals surface area contributed by atoms with E-state index in [1.807, 2.05) is 6.07 Å². The summed E-state index contributed by atoms with van der Waals surface area (Å²) < 4.78 is 6.12. The van der Waals surface area contributed by atoms with Crippen molar-refractivity contribution in [1.29, 1.82) is 5.26 Å². The van der Waals surface area contributed by atoms with Crippen LogP contribution >= 0.6 is 31.9 Å². The van der Waals surface area contributed by atoms with Crippen molar-refractivity contribution >= 4 is 49.7 Å². The highest BCUT2D eigenvalue weighted by Gasteiger charge is 2.12. The molecule has 2 rings (SSSR count). The van der Waals surface area contributed by atoms with Crippen LogP contribution in [-0.2, 0) is 4.79 Å². The number of carbonyl (C=O) groups is 1. The molecular weight excluding hydrogens is 474 g/mol. The summed E-state index contributed by atoms with van der Waals surface area (Å²) in [5.41, 5.74) is 0.385. The van der Waals surface area contributed by atoms with Gasteiger partial charge in [-0.3, -0.25) is 14.9 Å². The monoisotopic (exact) mass is 481 g/mol. The van der Waals surface area contributed by atoms with Gasteiger partial charge in [-0.15, -0.1) is 0 Å². The molecule has 10 heteroatoms. The summed E-state index contributed by atoms with van der Waals surface area (Å²) in [6.07, 6.45) is 1.37.